The summed E-state index contributed by atoms with van der Waals surface area (Å²) in [6, 6.07) is 0. The van der Waals surface area contributed by atoms with Crippen molar-refractivity contribution in [3.63, 3.8) is 0 Å². The normalized spacial score (nSPS) is 20.6. The first-order valence-corrected chi connectivity index (χ1v) is 9.46. The van der Waals surface area contributed by atoms with E-state index in [-0.39, 0.29) is 5.91 Å². The lowest BCUT2D eigenvalue weighted by Gasteiger charge is -2.33. The molecule has 0 spiro atoms. The number of hydrogen-bond acceptors (Lipinski definition) is 3. The molecule has 0 radical (unpaired) electrons. The van der Waals surface area contributed by atoms with Crippen molar-refractivity contribution in [2.45, 2.75) is 51.5 Å². The number of fused-ring (bicyclic) bond motifs is 1. The molecular weight excluding hydrogens is 338 g/mol. The molecule has 0 N–H and O–H groups in total. The van der Waals surface area contributed by atoms with Crippen LogP contribution >= 0.6 is 11.6 Å². The average molecular weight is 362 g/mol. The maximum absolute atomic E-state index is 12.9. The molecule has 0 aliphatic carbocycles. The Hall–Kier alpha value is -1.82. The molecule has 2 aromatic rings. The monoisotopic (exact) mass is 361 g/mol. The second-order valence-corrected chi connectivity index (χ2v) is 7.56. The smallest absolute Gasteiger partial charge is 0.275 e. The molecule has 4 heterocycles. The molecule has 0 aromatic carbocycles. The quantitative estimate of drug-likeness (QED) is 0.826. The van der Waals surface area contributed by atoms with Gasteiger partial charge in [0.2, 0.25) is 0 Å². The van der Waals surface area contributed by atoms with Crippen LogP contribution in [0.2, 0.25) is 5.02 Å². The van der Waals surface area contributed by atoms with Crippen LogP contribution in [0.4, 0.5) is 0 Å². The molecule has 1 saturated heterocycles. The van der Waals surface area contributed by atoms with E-state index in [1.807, 2.05) is 25.1 Å². The number of rotatable bonds is 2. The van der Waals surface area contributed by atoms with Gasteiger partial charge in [0.1, 0.15) is 5.82 Å². The Morgan fingerprint density at radius 1 is 1.28 bits per heavy atom. The van der Waals surface area contributed by atoms with Crippen molar-refractivity contribution in [1.29, 1.82) is 0 Å². The van der Waals surface area contributed by atoms with Gasteiger partial charge in [-0.15, -0.1) is 0 Å². The molecule has 2 aromatic heterocycles. The van der Waals surface area contributed by atoms with E-state index in [2.05, 4.69) is 9.67 Å². The summed E-state index contributed by atoms with van der Waals surface area (Å²) in [6.07, 6.45) is 7.67. The Balaban J connectivity index is 1.56. The highest BCUT2D eigenvalue weighted by Gasteiger charge is 2.31. The third kappa shape index (κ3) is 2.86. The molecule has 0 saturated carbocycles. The molecule has 6 nitrogen and oxygen atoms in total. The van der Waals surface area contributed by atoms with Gasteiger partial charge in [-0.1, -0.05) is 11.6 Å². The van der Waals surface area contributed by atoms with Crippen molar-refractivity contribution in [3.05, 3.63) is 34.1 Å². The highest BCUT2D eigenvalue weighted by atomic mass is 35.5. The summed E-state index contributed by atoms with van der Waals surface area (Å²) in [5.41, 5.74) is 2.53. The molecule has 1 atom stereocenters. The number of amides is 1. The molecule has 134 valence electrons. The third-order valence-electron chi connectivity index (χ3n) is 5.57. The van der Waals surface area contributed by atoms with E-state index in [9.17, 15) is 4.79 Å². The van der Waals surface area contributed by atoms with Crippen molar-refractivity contribution >= 4 is 17.5 Å². The number of hydrogen-bond donors (Lipinski definition) is 0. The summed E-state index contributed by atoms with van der Waals surface area (Å²) in [7, 11) is 1.81. The van der Waals surface area contributed by atoms with Crippen LogP contribution in [-0.2, 0) is 20.0 Å². The standard InChI is InChI=1S/C18H24ClN5O/c1-12-15(19)16(21-22(12)2)18(25)23-8-5-6-13(11-23)17-20-10-14-7-3-4-9-24(14)17/h10,13H,3-9,11H2,1-2H3. The largest absolute Gasteiger partial charge is 0.336 e. The van der Waals surface area contributed by atoms with Crippen LogP contribution in [0.5, 0.6) is 0 Å². The fraction of sp³-hybridized carbons (Fsp3) is 0.611. The van der Waals surface area contributed by atoms with E-state index in [4.69, 9.17) is 16.6 Å². The van der Waals surface area contributed by atoms with Crippen molar-refractivity contribution in [3.8, 4) is 0 Å². The maximum Gasteiger partial charge on any atom is 0.275 e. The van der Waals surface area contributed by atoms with Gasteiger partial charge in [-0.2, -0.15) is 5.10 Å². The molecule has 4 rings (SSSR count). The number of likely N-dealkylation sites (tertiary alicyclic amines) is 1. The molecule has 1 amide bonds. The summed E-state index contributed by atoms with van der Waals surface area (Å²) in [6.45, 7) is 4.39. The number of halogens is 1. The highest BCUT2D eigenvalue weighted by molar-refractivity contribution is 6.34. The lowest BCUT2D eigenvalue weighted by atomic mass is 9.96. The number of carbonyl (C=O) groups excluding carboxylic acids is 1. The molecule has 2 aliphatic heterocycles. The van der Waals surface area contributed by atoms with Crippen LogP contribution in [0.3, 0.4) is 0 Å². The zero-order chi connectivity index (χ0) is 17.6. The van der Waals surface area contributed by atoms with Gasteiger partial charge in [-0.05, 0) is 39.0 Å². The number of aromatic nitrogens is 4. The SMILES string of the molecule is Cc1c(Cl)c(C(=O)N2CCCC(c3ncc4n3CCCC4)C2)nn1C. The number of piperidine rings is 1. The van der Waals surface area contributed by atoms with Crippen molar-refractivity contribution in [1.82, 2.24) is 24.2 Å². The Bertz CT molecular complexity index is 809. The van der Waals surface area contributed by atoms with Gasteiger partial charge in [0, 0.05) is 44.5 Å². The Morgan fingerprint density at radius 3 is 2.88 bits per heavy atom. The minimum Gasteiger partial charge on any atom is -0.336 e. The zero-order valence-electron chi connectivity index (χ0n) is 14.8. The van der Waals surface area contributed by atoms with Gasteiger partial charge < -0.3 is 9.47 Å². The Kier molecular flexibility index (Phi) is 4.31. The summed E-state index contributed by atoms with van der Waals surface area (Å²) >= 11 is 6.31. The fourth-order valence-corrected chi connectivity index (χ4v) is 4.27. The Labute approximate surface area is 152 Å². The highest BCUT2D eigenvalue weighted by Crippen LogP contribution is 2.30. The predicted molar refractivity (Wildman–Crippen MR) is 96.0 cm³/mol. The minimum absolute atomic E-state index is 0.0659. The summed E-state index contributed by atoms with van der Waals surface area (Å²) in [4.78, 5) is 19.5. The van der Waals surface area contributed by atoms with Crippen LogP contribution < -0.4 is 0 Å². The first-order valence-electron chi connectivity index (χ1n) is 9.09. The van der Waals surface area contributed by atoms with Crippen LogP contribution in [0.15, 0.2) is 6.20 Å². The number of carbonyl (C=O) groups is 1. The van der Waals surface area contributed by atoms with Crippen molar-refractivity contribution in [2.75, 3.05) is 13.1 Å². The van der Waals surface area contributed by atoms with Gasteiger partial charge in [0.15, 0.2) is 5.69 Å². The van der Waals surface area contributed by atoms with E-state index in [1.165, 1.54) is 18.5 Å². The molecule has 2 aliphatic rings. The lowest BCUT2D eigenvalue weighted by Crippen LogP contribution is -2.40. The Morgan fingerprint density at radius 2 is 2.12 bits per heavy atom. The fourth-order valence-electron chi connectivity index (χ4n) is 4.03. The van der Waals surface area contributed by atoms with Crippen LogP contribution in [0, 0.1) is 6.92 Å². The second-order valence-electron chi connectivity index (χ2n) is 7.18. The van der Waals surface area contributed by atoms with Crippen molar-refractivity contribution in [2.24, 2.45) is 7.05 Å². The first kappa shape index (κ1) is 16.6. The second kappa shape index (κ2) is 6.48. The van der Waals surface area contributed by atoms with Crippen molar-refractivity contribution < 1.29 is 4.79 Å². The molecule has 1 unspecified atom stereocenters. The first-order chi connectivity index (χ1) is 12.1. The average Bonchev–Trinajstić information content (AvgIpc) is 3.18. The summed E-state index contributed by atoms with van der Waals surface area (Å²) < 4.78 is 4.04. The van der Waals surface area contributed by atoms with Gasteiger partial charge >= 0.3 is 0 Å². The lowest BCUT2D eigenvalue weighted by molar-refractivity contribution is 0.0696. The topological polar surface area (TPSA) is 56.0 Å². The number of imidazole rings is 1. The van der Waals surface area contributed by atoms with Crippen LogP contribution in [-0.4, -0.2) is 43.2 Å². The molecule has 0 bridgehead atoms. The molecule has 1 fully saturated rings. The molecule has 25 heavy (non-hydrogen) atoms. The van der Waals surface area contributed by atoms with E-state index in [0.717, 1.165) is 43.9 Å². The summed E-state index contributed by atoms with van der Waals surface area (Å²) in [5, 5.41) is 4.78. The molecular formula is C18H24ClN5O. The number of aryl methyl sites for hydroxylation is 2. The minimum atomic E-state index is -0.0659. The van der Waals surface area contributed by atoms with E-state index in [1.54, 1.807) is 4.68 Å². The van der Waals surface area contributed by atoms with Gasteiger partial charge in [-0.3, -0.25) is 9.48 Å². The van der Waals surface area contributed by atoms with E-state index in [0.29, 0.717) is 23.2 Å². The summed E-state index contributed by atoms with van der Waals surface area (Å²) in [5.74, 6) is 1.38. The zero-order valence-corrected chi connectivity index (χ0v) is 15.6. The van der Waals surface area contributed by atoms with E-state index >= 15 is 0 Å². The maximum atomic E-state index is 12.9. The van der Waals surface area contributed by atoms with Crippen LogP contribution in [0.1, 0.15) is 59.3 Å². The number of nitrogens with zero attached hydrogens (tertiary/aromatic N) is 5. The van der Waals surface area contributed by atoms with Gasteiger partial charge in [0.05, 0.1) is 10.7 Å². The third-order valence-corrected chi connectivity index (χ3v) is 6.02. The van der Waals surface area contributed by atoms with Crippen LogP contribution in [0.25, 0.3) is 0 Å². The van der Waals surface area contributed by atoms with E-state index < -0.39 is 0 Å². The van der Waals surface area contributed by atoms with Gasteiger partial charge in [-0.25, -0.2) is 4.98 Å². The molecule has 7 heteroatoms. The predicted octanol–water partition coefficient (Wildman–Crippen LogP) is 2.93. The van der Waals surface area contributed by atoms with Gasteiger partial charge in [0.25, 0.3) is 5.91 Å².